The average molecular weight is 452 g/mol. The van der Waals surface area contributed by atoms with Gasteiger partial charge in [-0.15, -0.1) is 0 Å². The summed E-state index contributed by atoms with van der Waals surface area (Å²) in [7, 11) is 0. The van der Waals surface area contributed by atoms with Crippen molar-refractivity contribution in [2.45, 2.75) is 27.3 Å². The number of nitrogens with one attached hydrogen (secondary N) is 2. The van der Waals surface area contributed by atoms with E-state index in [1.807, 2.05) is 18.2 Å². The molecule has 1 fully saturated rings. The minimum absolute atomic E-state index is 0.00859. The maximum Gasteiger partial charge on any atom is 0.407 e. The lowest BCUT2D eigenvalue weighted by Crippen LogP contribution is -2.48. The number of anilines is 2. The maximum atomic E-state index is 12.8. The number of carboxylic acid groups (broad SMARTS) is 1. The third-order valence-corrected chi connectivity index (χ3v) is 5.21. The fourth-order valence-corrected chi connectivity index (χ4v) is 3.37. The van der Waals surface area contributed by atoms with Crippen LogP contribution in [0.4, 0.5) is 16.3 Å². The van der Waals surface area contributed by atoms with Crippen LogP contribution >= 0.6 is 0 Å². The molecule has 2 heterocycles. The first-order chi connectivity index (χ1) is 15.7. The Labute approximate surface area is 193 Å². The van der Waals surface area contributed by atoms with Crippen LogP contribution in [0.5, 0.6) is 0 Å². The van der Waals surface area contributed by atoms with Crippen LogP contribution in [0.15, 0.2) is 30.5 Å². The van der Waals surface area contributed by atoms with Gasteiger partial charge in [0.15, 0.2) is 0 Å². The first-order valence-corrected chi connectivity index (χ1v) is 10.8. The number of rotatable bonds is 6. The van der Waals surface area contributed by atoms with Crippen LogP contribution in [0.2, 0.25) is 0 Å². The summed E-state index contributed by atoms with van der Waals surface area (Å²) in [5.74, 6) is 0.353. The molecular formula is C23H29N7O3. The molecule has 10 nitrogen and oxygen atoms in total. The lowest BCUT2D eigenvalue weighted by molar-refractivity contribution is 0.0951. The van der Waals surface area contributed by atoms with Gasteiger partial charge in [0.25, 0.3) is 5.91 Å². The van der Waals surface area contributed by atoms with Crippen molar-refractivity contribution >= 4 is 23.5 Å². The van der Waals surface area contributed by atoms with Crippen LogP contribution < -0.4 is 15.5 Å². The van der Waals surface area contributed by atoms with Gasteiger partial charge >= 0.3 is 6.09 Å². The molecule has 174 valence electrons. The molecule has 10 heteroatoms. The van der Waals surface area contributed by atoms with E-state index in [2.05, 4.69) is 46.3 Å². The smallest absolute Gasteiger partial charge is 0.407 e. The Bertz CT molecular complexity index is 1050. The summed E-state index contributed by atoms with van der Waals surface area (Å²) in [6.07, 6.45) is 0.640. The molecule has 33 heavy (non-hydrogen) atoms. The highest BCUT2D eigenvalue weighted by atomic mass is 16.4. The molecule has 0 spiro atoms. The highest BCUT2D eigenvalue weighted by Gasteiger charge is 2.21. The van der Waals surface area contributed by atoms with Crippen LogP contribution in [-0.4, -0.2) is 64.7 Å². The Balaban J connectivity index is 1.66. The second-order valence-corrected chi connectivity index (χ2v) is 9.08. The van der Waals surface area contributed by atoms with E-state index >= 15 is 0 Å². The molecule has 3 rings (SSSR count). The fourth-order valence-electron chi connectivity index (χ4n) is 3.37. The van der Waals surface area contributed by atoms with E-state index in [0.29, 0.717) is 49.7 Å². The van der Waals surface area contributed by atoms with Gasteiger partial charge in [-0.1, -0.05) is 26.8 Å². The van der Waals surface area contributed by atoms with Gasteiger partial charge in [-0.25, -0.2) is 14.8 Å². The fraction of sp³-hybridized carbons (Fsp3) is 0.435. The lowest BCUT2D eigenvalue weighted by Gasteiger charge is -2.34. The molecule has 3 N–H and O–H groups in total. The van der Waals surface area contributed by atoms with Crippen molar-refractivity contribution in [2.24, 2.45) is 5.41 Å². The summed E-state index contributed by atoms with van der Waals surface area (Å²) in [4.78, 5) is 35.7. The van der Waals surface area contributed by atoms with Gasteiger partial charge in [-0.05, 0) is 23.6 Å². The van der Waals surface area contributed by atoms with Gasteiger partial charge in [0, 0.05) is 62.3 Å². The number of nitriles is 1. The van der Waals surface area contributed by atoms with E-state index in [0.717, 1.165) is 5.69 Å². The Kier molecular flexibility index (Phi) is 7.33. The second kappa shape index (κ2) is 10.2. The lowest BCUT2D eigenvalue weighted by atomic mass is 9.97. The van der Waals surface area contributed by atoms with Gasteiger partial charge in [-0.3, -0.25) is 4.79 Å². The van der Waals surface area contributed by atoms with E-state index in [1.165, 1.54) is 4.90 Å². The van der Waals surface area contributed by atoms with Crippen LogP contribution in [0.3, 0.4) is 0 Å². The Morgan fingerprint density at radius 2 is 1.94 bits per heavy atom. The van der Waals surface area contributed by atoms with E-state index in [1.54, 1.807) is 18.3 Å². The summed E-state index contributed by atoms with van der Waals surface area (Å²) in [5, 5.41) is 24.4. The minimum atomic E-state index is -0.911. The Morgan fingerprint density at radius 3 is 2.58 bits per heavy atom. The molecule has 1 aromatic carbocycles. The molecule has 0 radical (unpaired) electrons. The summed E-state index contributed by atoms with van der Waals surface area (Å²) < 4.78 is 0. The maximum absolute atomic E-state index is 12.8. The quantitative estimate of drug-likeness (QED) is 0.610. The number of carbonyl (C=O) groups excluding carboxylic acids is 1. The van der Waals surface area contributed by atoms with Crippen LogP contribution in [0, 0.1) is 16.7 Å². The number of hydrogen-bond donors (Lipinski definition) is 3. The van der Waals surface area contributed by atoms with Gasteiger partial charge < -0.3 is 25.5 Å². The molecule has 1 aliphatic rings. The average Bonchev–Trinajstić information content (AvgIpc) is 2.81. The van der Waals surface area contributed by atoms with E-state index in [-0.39, 0.29) is 23.7 Å². The van der Waals surface area contributed by atoms with Crippen molar-refractivity contribution in [1.29, 1.82) is 5.26 Å². The molecule has 2 amide bonds. The first-order valence-electron chi connectivity index (χ1n) is 10.8. The molecule has 0 atom stereocenters. The van der Waals surface area contributed by atoms with Crippen molar-refractivity contribution in [3.05, 3.63) is 47.4 Å². The number of aromatic nitrogens is 2. The largest absolute Gasteiger partial charge is 0.465 e. The zero-order valence-electron chi connectivity index (χ0n) is 19.1. The summed E-state index contributed by atoms with van der Waals surface area (Å²) in [6, 6.07) is 9.21. The number of piperazine rings is 1. The summed E-state index contributed by atoms with van der Waals surface area (Å²) in [6.45, 7) is 9.10. The molecular weight excluding hydrogens is 422 g/mol. The van der Waals surface area contributed by atoms with Crippen molar-refractivity contribution in [3.63, 3.8) is 0 Å². The predicted molar refractivity (Wildman–Crippen MR) is 124 cm³/mol. The van der Waals surface area contributed by atoms with E-state index < -0.39 is 6.09 Å². The topological polar surface area (TPSA) is 134 Å². The van der Waals surface area contributed by atoms with Crippen LogP contribution in [-0.2, 0) is 6.54 Å². The zero-order valence-corrected chi connectivity index (χ0v) is 19.1. The highest BCUT2D eigenvalue weighted by molar-refractivity contribution is 5.95. The van der Waals surface area contributed by atoms with Crippen LogP contribution in [0.1, 0.15) is 42.5 Å². The SMILES string of the molecule is CC(C)(C)CNc1nc(C#N)ncc1CNC(=O)c1cccc(N2CCN(C(=O)O)CC2)c1. The van der Waals surface area contributed by atoms with Gasteiger partial charge in [-0.2, -0.15) is 5.26 Å². The highest BCUT2D eigenvalue weighted by Crippen LogP contribution is 2.20. The number of benzene rings is 1. The first kappa shape index (κ1) is 23.8. The molecule has 1 saturated heterocycles. The van der Waals surface area contributed by atoms with Crippen molar-refractivity contribution in [1.82, 2.24) is 20.2 Å². The van der Waals surface area contributed by atoms with Crippen molar-refractivity contribution in [2.75, 3.05) is 42.9 Å². The second-order valence-electron chi connectivity index (χ2n) is 9.08. The van der Waals surface area contributed by atoms with Gasteiger partial charge in [0.1, 0.15) is 11.9 Å². The van der Waals surface area contributed by atoms with E-state index in [9.17, 15) is 9.59 Å². The van der Waals surface area contributed by atoms with E-state index in [4.69, 9.17) is 10.4 Å². The third kappa shape index (κ3) is 6.55. The van der Waals surface area contributed by atoms with Gasteiger partial charge in [0.2, 0.25) is 5.82 Å². The molecule has 0 aliphatic carbocycles. The molecule has 1 aliphatic heterocycles. The molecule has 1 aromatic heterocycles. The summed E-state index contributed by atoms with van der Waals surface area (Å²) >= 11 is 0. The number of amides is 2. The Hall–Kier alpha value is -3.87. The molecule has 0 bridgehead atoms. The summed E-state index contributed by atoms with van der Waals surface area (Å²) in [5.41, 5.74) is 2.08. The number of hydrogen-bond acceptors (Lipinski definition) is 7. The predicted octanol–water partition coefficient (Wildman–Crippen LogP) is 2.54. The number of nitrogens with zero attached hydrogens (tertiary/aromatic N) is 5. The standard InChI is InChI=1S/C23H29N7O3/c1-23(2,3)15-27-20-17(13-25-19(12-24)28-20)14-26-21(31)16-5-4-6-18(11-16)29-7-9-30(10-8-29)22(32)33/h4-6,11,13H,7-10,14-15H2,1-3H3,(H,26,31)(H,32,33)(H,25,27,28). The number of carbonyl (C=O) groups is 2. The molecule has 0 saturated carbocycles. The van der Waals surface area contributed by atoms with Crippen molar-refractivity contribution < 1.29 is 14.7 Å². The monoisotopic (exact) mass is 451 g/mol. The Morgan fingerprint density at radius 1 is 1.21 bits per heavy atom. The van der Waals surface area contributed by atoms with Crippen LogP contribution in [0.25, 0.3) is 0 Å². The molecule has 2 aromatic rings. The van der Waals surface area contributed by atoms with Gasteiger partial charge in [0.05, 0.1) is 0 Å². The third-order valence-electron chi connectivity index (χ3n) is 5.21. The normalized spacial score (nSPS) is 13.9. The molecule has 0 unspecified atom stereocenters. The van der Waals surface area contributed by atoms with Crippen molar-refractivity contribution in [3.8, 4) is 6.07 Å². The minimum Gasteiger partial charge on any atom is -0.465 e. The zero-order chi connectivity index (χ0) is 24.0.